The molecule has 3 aliphatic heterocycles. The molecule has 3 rings (SSSR count). The first kappa shape index (κ1) is 15.6. The van der Waals surface area contributed by atoms with E-state index < -0.39 is 0 Å². The number of alkyl halides is 2. The number of ether oxygens (including phenoxy) is 2. The summed E-state index contributed by atoms with van der Waals surface area (Å²) in [5.74, 6) is 5.81. The third-order valence-electron chi connectivity index (χ3n) is 3.68. The molecule has 0 aromatic carbocycles. The van der Waals surface area contributed by atoms with Gasteiger partial charge in [-0.05, 0) is 31.9 Å². The molecule has 0 spiro atoms. The molecule has 0 N–H and O–H groups in total. The van der Waals surface area contributed by atoms with Crippen molar-refractivity contribution in [2.45, 2.75) is 67.2 Å². The van der Waals surface area contributed by atoms with Crippen LogP contribution in [0.25, 0.3) is 0 Å². The van der Waals surface area contributed by atoms with Crippen LogP contribution in [0.4, 0.5) is 0 Å². The SMILES string of the molecule is CC#C/C=C/C1OC(C(Br)CC)CC(Br)C2CC1O2. The van der Waals surface area contributed by atoms with E-state index in [1.54, 1.807) is 0 Å². The zero-order chi connectivity index (χ0) is 13.8. The standard InChI is InChI=1S/C15H20Br2O2/c1-3-5-6-7-12-15-9-14(19-15)11(17)8-13(18-12)10(16)4-2/h6-7,10-15H,4,8-9H2,1-2H3/b7-6+. The van der Waals surface area contributed by atoms with Crippen molar-refractivity contribution < 1.29 is 9.47 Å². The fraction of sp³-hybridized carbons (Fsp3) is 0.733. The van der Waals surface area contributed by atoms with Crippen molar-refractivity contribution >= 4 is 31.9 Å². The number of hydrogen-bond acceptors (Lipinski definition) is 2. The van der Waals surface area contributed by atoms with Gasteiger partial charge in [0.2, 0.25) is 0 Å². The van der Waals surface area contributed by atoms with Gasteiger partial charge in [0, 0.05) is 16.1 Å². The normalized spacial score (nSPS) is 39.7. The van der Waals surface area contributed by atoms with Crippen LogP contribution in [-0.2, 0) is 9.47 Å². The third kappa shape index (κ3) is 3.85. The topological polar surface area (TPSA) is 18.5 Å². The van der Waals surface area contributed by atoms with Crippen LogP contribution in [0.2, 0.25) is 0 Å². The van der Waals surface area contributed by atoms with Gasteiger partial charge in [0.15, 0.2) is 0 Å². The third-order valence-corrected chi connectivity index (χ3v) is 5.88. The van der Waals surface area contributed by atoms with Gasteiger partial charge in [0.1, 0.15) is 6.10 Å². The van der Waals surface area contributed by atoms with E-state index in [1.807, 2.05) is 19.1 Å². The zero-order valence-corrected chi connectivity index (χ0v) is 14.5. The highest BCUT2D eigenvalue weighted by Crippen LogP contribution is 2.38. The largest absolute Gasteiger partial charge is 0.371 e. The molecular weight excluding hydrogens is 372 g/mol. The summed E-state index contributed by atoms with van der Waals surface area (Å²) in [7, 11) is 0. The van der Waals surface area contributed by atoms with Crippen LogP contribution >= 0.6 is 31.9 Å². The minimum absolute atomic E-state index is 0.0219. The summed E-state index contributed by atoms with van der Waals surface area (Å²) in [4.78, 5) is 0.777. The number of rotatable bonds is 3. The number of allylic oxidation sites excluding steroid dienone is 1. The fourth-order valence-electron chi connectivity index (χ4n) is 2.50. The maximum atomic E-state index is 6.25. The van der Waals surface area contributed by atoms with Crippen molar-refractivity contribution in [2.75, 3.05) is 0 Å². The lowest BCUT2D eigenvalue weighted by Crippen LogP contribution is -2.54. The first-order valence-corrected chi connectivity index (χ1v) is 8.66. The van der Waals surface area contributed by atoms with E-state index in [0.717, 1.165) is 19.3 Å². The van der Waals surface area contributed by atoms with Crippen LogP contribution in [-0.4, -0.2) is 34.1 Å². The smallest absolute Gasteiger partial charge is 0.103 e. The second-order valence-corrected chi connectivity index (χ2v) is 7.37. The quantitative estimate of drug-likeness (QED) is 0.537. The highest BCUT2D eigenvalue weighted by atomic mass is 79.9. The number of halogens is 2. The van der Waals surface area contributed by atoms with E-state index in [-0.39, 0.29) is 18.3 Å². The molecule has 0 amide bonds. The van der Waals surface area contributed by atoms with Gasteiger partial charge in [-0.15, -0.1) is 5.92 Å². The zero-order valence-electron chi connectivity index (χ0n) is 11.3. The molecule has 0 radical (unpaired) electrons. The monoisotopic (exact) mass is 390 g/mol. The molecule has 3 saturated heterocycles. The Kier molecular flexibility index (Phi) is 5.95. The van der Waals surface area contributed by atoms with E-state index in [4.69, 9.17) is 9.47 Å². The molecule has 3 fully saturated rings. The second kappa shape index (κ2) is 7.26. The molecule has 4 heteroatoms. The molecule has 2 nitrogen and oxygen atoms in total. The summed E-state index contributed by atoms with van der Waals surface area (Å²) >= 11 is 7.46. The predicted molar refractivity (Wildman–Crippen MR) is 84.9 cm³/mol. The lowest BCUT2D eigenvalue weighted by molar-refractivity contribution is -0.201. The van der Waals surface area contributed by atoms with E-state index in [9.17, 15) is 0 Å². The van der Waals surface area contributed by atoms with Crippen molar-refractivity contribution in [3.8, 4) is 11.8 Å². The van der Waals surface area contributed by atoms with Crippen molar-refractivity contribution in [1.29, 1.82) is 0 Å². The van der Waals surface area contributed by atoms with E-state index in [2.05, 4.69) is 50.6 Å². The van der Waals surface area contributed by atoms with Crippen LogP contribution in [0.15, 0.2) is 12.2 Å². The molecule has 3 heterocycles. The molecule has 3 aliphatic rings. The van der Waals surface area contributed by atoms with Crippen LogP contribution in [0.3, 0.4) is 0 Å². The highest BCUT2D eigenvalue weighted by molar-refractivity contribution is 9.09. The minimum Gasteiger partial charge on any atom is -0.371 e. The van der Waals surface area contributed by atoms with Gasteiger partial charge in [-0.25, -0.2) is 0 Å². The van der Waals surface area contributed by atoms with E-state index in [0.29, 0.717) is 15.8 Å². The lowest BCUT2D eigenvalue weighted by Gasteiger charge is -2.46. The second-order valence-electron chi connectivity index (χ2n) is 5.02. The summed E-state index contributed by atoms with van der Waals surface area (Å²) in [5, 5.41) is 0. The van der Waals surface area contributed by atoms with Gasteiger partial charge < -0.3 is 9.47 Å². The van der Waals surface area contributed by atoms with Crippen molar-refractivity contribution in [3.63, 3.8) is 0 Å². The van der Waals surface area contributed by atoms with Crippen LogP contribution in [0.1, 0.15) is 33.1 Å². The molecule has 0 saturated carbocycles. The van der Waals surface area contributed by atoms with Gasteiger partial charge in [-0.3, -0.25) is 0 Å². The summed E-state index contributed by atoms with van der Waals surface area (Å²) in [6, 6.07) is 0. The lowest BCUT2D eigenvalue weighted by atomic mass is 9.91. The Morgan fingerprint density at radius 3 is 2.68 bits per heavy atom. The maximum Gasteiger partial charge on any atom is 0.103 e. The highest BCUT2D eigenvalue weighted by Gasteiger charge is 2.44. The van der Waals surface area contributed by atoms with Gasteiger partial charge in [0.05, 0.1) is 18.3 Å². The minimum atomic E-state index is 0.0219. The predicted octanol–water partition coefficient (Wildman–Crippen LogP) is 3.82. The Bertz CT molecular complexity index is 379. The summed E-state index contributed by atoms with van der Waals surface area (Å²) in [6.45, 7) is 4.01. The summed E-state index contributed by atoms with van der Waals surface area (Å²) in [5.41, 5.74) is 0. The Morgan fingerprint density at radius 2 is 2.05 bits per heavy atom. The van der Waals surface area contributed by atoms with Gasteiger partial charge in [-0.2, -0.15) is 0 Å². The average molecular weight is 392 g/mol. The fourth-order valence-corrected chi connectivity index (χ4v) is 3.55. The van der Waals surface area contributed by atoms with Crippen molar-refractivity contribution in [3.05, 3.63) is 12.2 Å². The Labute approximate surface area is 132 Å². The van der Waals surface area contributed by atoms with E-state index in [1.165, 1.54) is 0 Å². The van der Waals surface area contributed by atoms with E-state index >= 15 is 0 Å². The molecule has 0 aliphatic carbocycles. The van der Waals surface area contributed by atoms with Crippen LogP contribution in [0.5, 0.6) is 0 Å². The van der Waals surface area contributed by atoms with Gasteiger partial charge in [0.25, 0.3) is 0 Å². The molecule has 2 bridgehead atoms. The van der Waals surface area contributed by atoms with Crippen molar-refractivity contribution in [1.82, 2.24) is 0 Å². The summed E-state index contributed by atoms with van der Waals surface area (Å²) in [6.07, 6.45) is 7.77. The molecule has 0 aromatic rings. The first-order chi connectivity index (χ1) is 9.15. The van der Waals surface area contributed by atoms with Gasteiger partial charge >= 0.3 is 0 Å². The molecule has 6 atom stereocenters. The average Bonchev–Trinajstić information content (AvgIpc) is 2.32. The van der Waals surface area contributed by atoms with Gasteiger partial charge in [-0.1, -0.05) is 44.7 Å². The molecular formula is C15H20Br2O2. The van der Waals surface area contributed by atoms with Crippen LogP contribution < -0.4 is 0 Å². The molecule has 6 unspecified atom stereocenters. The molecule has 106 valence electrons. The Morgan fingerprint density at radius 1 is 1.32 bits per heavy atom. The molecule has 19 heavy (non-hydrogen) atoms. The molecule has 0 aromatic heterocycles. The first-order valence-electron chi connectivity index (χ1n) is 6.83. The van der Waals surface area contributed by atoms with Crippen LogP contribution in [0, 0.1) is 11.8 Å². The number of hydrogen-bond donors (Lipinski definition) is 0. The maximum absolute atomic E-state index is 6.25. The summed E-state index contributed by atoms with van der Waals surface area (Å²) < 4.78 is 12.2. The Balaban J connectivity index is 2.07. The number of fused-ring (bicyclic) bond motifs is 4. The Hall–Kier alpha value is 0.180. The van der Waals surface area contributed by atoms with Crippen molar-refractivity contribution in [2.24, 2.45) is 0 Å².